The molecule has 3 aromatic carbocycles. The SMILES string of the molecule is CCOc1ccc(Oc2ccccc2NC(=O)c2ccc3c(c2)C(=O)N(C)C3=O)cc1. The smallest absolute Gasteiger partial charge is 0.261 e. The maximum atomic E-state index is 12.8. The fourth-order valence-corrected chi connectivity index (χ4v) is 3.25. The molecule has 156 valence electrons. The lowest BCUT2D eigenvalue weighted by Crippen LogP contribution is -2.24. The molecule has 0 spiro atoms. The van der Waals surface area contributed by atoms with E-state index in [1.54, 1.807) is 48.5 Å². The van der Waals surface area contributed by atoms with Crippen LogP contribution in [0.3, 0.4) is 0 Å². The van der Waals surface area contributed by atoms with Crippen LogP contribution in [0.15, 0.2) is 66.7 Å². The standard InChI is InChI=1S/C24H20N2O5/c1-3-30-16-9-11-17(12-10-16)31-21-7-5-4-6-20(21)25-22(27)15-8-13-18-19(14-15)24(29)26(2)23(18)28/h4-14H,3H2,1-2H3,(H,25,27). The van der Waals surface area contributed by atoms with Crippen molar-refractivity contribution in [2.75, 3.05) is 19.0 Å². The van der Waals surface area contributed by atoms with Gasteiger partial charge in [-0.1, -0.05) is 12.1 Å². The summed E-state index contributed by atoms with van der Waals surface area (Å²) in [5.41, 5.74) is 1.26. The molecule has 1 aliphatic heterocycles. The van der Waals surface area contributed by atoms with Gasteiger partial charge in [0.15, 0.2) is 5.75 Å². The summed E-state index contributed by atoms with van der Waals surface area (Å²) in [5, 5.41) is 2.81. The first-order valence-electron chi connectivity index (χ1n) is 9.75. The van der Waals surface area contributed by atoms with E-state index in [-0.39, 0.29) is 17.0 Å². The molecule has 7 heteroatoms. The maximum absolute atomic E-state index is 12.8. The van der Waals surface area contributed by atoms with Crippen LogP contribution < -0.4 is 14.8 Å². The molecule has 1 heterocycles. The summed E-state index contributed by atoms with van der Waals surface area (Å²) >= 11 is 0. The summed E-state index contributed by atoms with van der Waals surface area (Å²) in [5.74, 6) is 0.587. The maximum Gasteiger partial charge on any atom is 0.261 e. The second kappa shape index (κ2) is 8.31. The zero-order chi connectivity index (χ0) is 22.0. The Bertz CT molecular complexity index is 1170. The third-order valence-electron chi connectivity index (χ3n) is 4.85. The topological polar surface area (TPSA) is 84.9 Å². The highest BCUT2D eigenvalue weighted by molar-refractivity contribution is 6.22. The monoisotopic (exact) mass is 416 g/mol. The Morgan fingerprint density at radius 3 is 2.32 bits per heavy atom. The Morgan fingerprint density at radius 2 is 1.58 bits per heavy atom. The van der Waals surface area contributed by atoms with Crippen LogP contribution in [0.4, 0.5) is 5.69 Å². The van der Waals surface area contributed by atoms with Crippen LogP contribution in [0, 0.1) is 0 Å². The molecule has 3 aromatic rings. The van der Waals surface area contributed by atoms with Crippen molar-refractivity contribution in [2.24, 2.45) is 0 Å². The number of anilines is 1. The predicted molar refractivity (Wildman–Crippen MR) is 115 cm³/mol. The number of ether oxygens (including phenoxy) is 2. The van der Waals surface area contributed by atoms with Crippen molar-refractivity contribution in [3.63, 3.8) is 0 Å². The highest BCUT2D eigenvalue weighted by Crippen LogP contribution is 2.31. The zero-order valence-electron chi connectivity index (χ0n) is 17.0. The molecular formula is C24H20N2O5. The van der Waals surface area contributed by atoms with E-state index in [9.17, 15) is 14.4 Å². The van der Waals surface area contributed by atoms with E-state index in [4.69, 9.17) is 9.47 Å². The van der Waals surface area contributed by atoms with Crippen LogP contribution in [0.5, 0.6) is 17.2 Å². The average molecular weight is 416 g/mol. The van der Waals surface area contributed by atoms with Crippen LogP contribution in [0.1, 0.15) is 38.0 Å². The van der Waals surface area contributed by atoms with Crippen LogP contribution in [-0.4, -0.2) is 36.3 Å². The molecule has 0 aliphatic carbocycles. The van der Waals surface area contributed by atoms with Gasteiger partial charge in [0.05, 0.1) is 23.4 Å². The van der Waals surface area contributed by atoms with Crippen LogP contribution in [0.2, 0.25) is 0 Å². The van der Waals surface area contributed by atoms with Gasteiger partial charge in [0, 0.05) is 12.6 Å². The number of hydrogen-bond acceptors (Lipinski definition) is 5. The molecule has 1 aliphatic rings. The minimum Gasteiger partial charge on any atom is -0.494 e. The molecule has 4 rings (SSSR count). The molecule has 7 nitrogen and oxygen atoms in total. The Labute approximate surface area is 179 Å². The largest absolute Gasteiger partial charge is 0.494 e. The van der Waals surface area contributed by atoms with Gasteiger partial charge in [0.25, 0.3) is 17.7 Å². The van der Waals surface area contributed by atoms with E-state index >= 15 is 0 Å². The lowest BCUT2D eigenvalue weighted by atomic mass is 10.1. The molecule has 0 saturated heterocycles. The molecular weight excluding hydrogens is 396 g/mol. The van der Waals surface area contributed by atoms with Gasteiger partial charge in [0.1, 0.15) is 11.5 Å². The Kier molecular flexibility index (Phi) is 5.41. The number of fused-ring (bicyclic) bond motifs is 1. The molecule has 0 atom stereocenters. The molecule has 3 amide bonds. The minimum absolute atomic E-state index is 0.221. The first-order valence-corrected chi connectivity index (χ1v) is 9.75. The molecule has 0 bridgehead atoms. The lowest BCUT2D eigenvalue weighted by Gasteiger charge is -2.13. The van der Waals surface area contributed by atoms with E-state index in [0.717, 1.165) is 10.6 Å². The number of hydrogen-bond donors (Lipinski definition) is 1. The number of carbonyl (C=O) groups excluding carboxylic acids is 3. The highest BCUT2D eigenvalue weighted by atomic mass is 16.5. The summed E-state index contributed by atoms with van der Waals surface area (Å²) in [4.78, 5) is 38.1. The number of carbonyl (C=O) groups is 3. The van der Waals surface area contributed by atoms with Gasteiger partial charge in [-0.05, 0) is 61.5 Å². The van der Waals surface area contributed by atoms with Crippen LogP contribution in [0.25, 0.3) is 0 Å². The molecule has 0 aromatic heterocycles. The first-order chi connectivity index (χ1) is 15.0. The molecule has 1 N–H and O–H groups in total. The predicted octanol–water partition coefficient (Wildman–Crippen LogP) is 4.36. The summed E-state index contributed by atoms with van der Waals surface area (Å²) in [6.07, 6.45) is 0. The van der Waals surface area contributed by atoms with Crippen molar-refractivity contribution < 1.29 is 23.9 Å². The Morgan fingerprint density at radius 1 is 0.903 bits per heavy atom. The van der Waals surface area contributed by atoms with Crippen molar-refractivity contribution in [3.05, 3.63) is 83.4 Å². The van der Waals surface area contributed by atoms with E-state index in [1.807, 2.05) is 6.92 Å². The van der Waals surface area contributed by atoms with Gasteiger partial charge in [-0.3, -0.25) is 19.3 Å². The summed E-state index contributed by atoms with van der Waals surface area (Å²) in [6.45, 7) is 2.49. The Hall–Kier alpha value is -4.13. The quantitative estimate of drug-likeness (QED) is 0.604. The van der Waals surface area contributed by atoms with Gasteiger partial charge in [-0.15, -0.1) is 0 Å². The first kappa shape index (κ1) is 20.2. The molecule has 0 unspecified atom stereocenters. The second-order valence-corrected chi connectivity index (χ2v) is 6.89. The van der Waals surface area contributed by atoms with Gasteiger partial charge < -0.3 is 14.8 Å². The fourth-order valence-electron chi connectivity index (χ4n) is 3.25. The lowest BCUT2D eigenvalue weighted by molar-refractivity contribution is 0.0693. The number of nitrogens with zero attached hydrogens (tertiary/aromatic N) is 1. The third-order valence-corrected chi connectivity index (χ3v) is 4.85. The van der Waals surface area contributed by atoms with Crippen LogP contribution >= 0.6 is 0 Å². The van der Waals surface area contributed by atoms with E-state index < -0.39 is 11.8 Å². The number of nitrogens with one attached hydrogen (secondary N) is 1. The van der Waals surface area contributed by atoms with Gasteiger partial charge in [-0.25, -0.2) is 0 Å². The third kappa shape index (κ3) is 3.98. The molecule has 0 radical (unpaired) electrons. The minimum atomic E-state index is -0.422. The van der Waals surface area contributed by atoms with Gasteiger partial charge in [0.2, 0.25) is 0 Å². The summed E-state index contributed by atoms with van der Waals surface area (Å²) in [6, 6.07) is 18.7. The van der Waals surface area contributed by atoms with E-state index in [0.29, 0.717) is 29.4 Å². The Balaban J connectivity index is 1.53. The molecule has 31 heavy (non-hydrogen) atoms. The second-order valence-electron chi connectivity index (χ2n) is 6.89. The molecule has 0 fully saturated rings. The summed E-state index contributed by atoms with van der Waals surface area (Å²) in [7, 11) is 1.42. The van der Waals surface area contributed by atoms with Crippen molar-refractivity contribution in [1.29, 1.82) is 0 Å². The zero-order valence-corrected chi connectivity index (χ0v) is 17.0. The number of benzene rings is 3. The number of para-hydroxylation sites is 2. The van der Waals surface area contributed by atoms with Crippen molar-refractivity contribution >= 4 is 23.4 Å². The van der Waals surface area contributed by atoms with E-state index in [1.165, 1.54) is 25.2 Å². The number of imide groups is 1. The van der Waals surface area contributed by atoms with Crippen molar-refractivity contribution in [3.8, 4) is 17.2 Å². The average Bonchev–Trinajstić information content (AvgIpc) is 3.00. The highest BCUT2D eigenvalue weighted by Gasteiger charge is 2.33. The fraction of sp³-hybridized carbons (Fsp3) is 0.125. The van der Waals surface area contributed by atoms with Crippen molar-refractivity contribution in [1.82, 2.24) is 4.90 Å². The van der Waals surface area contributed by atoms with Gasteiger partial charge >= 0.3 is 0 Å². The normalized spacial score (nSPS) is 12.5. The molecule has 0 saturated carbocycles. The number of amides is 3. The van der Waals surface area contributed by atoms with Gasteiger partial charge in [-0.2, -0.15) is 0 Å². The number of rotatable bonds is 6. The van der Waals surface area contributed by atoms with Crippen molar-refractivity contribution in [2.45, 2.75) is 6.92 Å². The summed E-state index contributed by atoms with van der Waals surface area (Å²) < 4.78 is 11.4. The van der Waals surface area contributed by atoms with Crippen LogP contribution in [-0.2, 0) is 0 Å². The van der Waals surface area contributed by atoms with E-state index in [2.05, 4.69) is 5.32 Å².